The first-order chi connectivity index (χ1) is 12.3. The Balaban J connectivity index is 1.77. The molecule has 0 aromatic carbocycles. The van der Waals surface area contributed by atoms with Crippen molar-refractivity contribution < 1.29 is 14.4 Å². The van der Waals surface area contributed by atoms with Crippen molar-refractivity contribution in [3.05, 3.63) is 17.8 Å². The Morgan fingerprint density at radius 3 is 2.88 bits per heavy atom. The monoisotopic (exact) mass is 377 g/mol. The highest BCUT2D eigenvalue weighted by atomic mass is 35.5. The van der Waals surface area contributed by atoms with Crippen molar-refractivity contribution in [1.29, 1.82) is 0 Å². The van der Waals surface area contributed by atoms with Gasteiger partial charge in [0, 0.05) is 5.41 Å². The Hall–Kier alpha value is -2.19. The lowest BCUT2D eigenvalue weighted by molar-refractivity contribution is -0.136. The summed E-state index contributed by atoms with van der Waals surface area (Å²) in [6, 6.07) is -0.316. The Morgan fingerprint density at radius 2 is 2.15 bits per heavy atom. The van der Waals surface area contributed by atoms with E-state index in [-0.39, 0.29) is 17.2 Å². The van der Waals surface area contributed by atoms with E-state index >= 15 is 0 Å². The van der Waals surface area contributed by atoms with E-state index in [9.17, 15) is 14.4 Å². The van der Waals surface area contributed by atoms with Gasteiger partial charge in [-0.1, -0.05) is 13.8 Å². The van der Waals surface area contributed by atoms with Crippen LogP contribution < -0.4 is 0 Å². The molecule has 0 saturated carbocycles. The van der Waals surface area contributed by atoms with Crippen LogP contribution in [0.5, 0.6) is 0 Å². The molecule has 9 heteroatoms. The average Bonchev–Trinajstić information content (AvgIpc) is 3.25. The molecule has 0 radical (unpaired) electrons. The molecule has 3 heterocycles. The van der Waals surface area contributed by atoms with E-state index in [1.807, 2.05) is 0 Å². The first kappa shape index (κ1) is 18.6. The van der Waals surface area contributed by atoms with Gasteiger partial charge in [-0.2, -0.15) is 4.98 Å². The van der Waals surface area contributed by atoms with Crippen molar-refractivity contribution in [2.45, 2.75) is 39.2 Å². The number of carbonyl (C=O) groups excluding carboxylic acids is 3. The zero-order chi connectivity index (χ0) is 18.9. The lowest BCUT2D eigenvalue weighted by Crippen LogP contribution is -2.41. The number of halogens is 1. The molecule has 2 aromatic heterocycles. The molecule has 3 rings (SSSR count). The highest BCUT2D eigenvalue weighted by Crippen LogP contribution is 2.26. The Kier molecular flexibility index (Phi) is 5.15. The molecule has 1 fully saturated rings. The molecule has 0 N–H and O–H groups in total. The number of imidazole rings is 1. The van der Waals surface area contributed by atoms with Crippen molar-refractivity contribution in [2.24, 2.45) is 5.41 Å². The molecule has 1 atom stereocenters. The SMILES string of the molecule is CC(C)(CCN1CCCC1C(=O)n1cnc2cnc(Cl)nc21)C(=O)C=O. The van der Waals surface area contributed by atoms with Gasteiger partial charge < -0.3 is 0 Å². The molecule has 2 aromatic rings. The molecule has 0 bridgehead atoms. The summed E-state index contributed by atoms with van der Waals surface area (Å²) in [5, 5.41) is 0.0597. The molecule has 0 spiro atoms. The number of likely N-dealkylation sites (tertiary alicyclic amines) is 1. The molecule has 1 aliphatic heterocycles. The highest BCUT2D eigenvalue weighted by molar-refractivity contribution is 6.28. The number of hydrogen-bond donors (Lipinski definition) is 0. The molecule has 0 aliphatic carbocycles. The van der Waals surface area contributed by atoms with Gasteiger partial charge >= 0.3 is 0 Å². The summed E-state index contributed by atoms with van der Waals surface area (Å²) < 4.78 is 1.41. The summed E-state index contributed by atoms with van der Waals surface area (Å²) in [6.07, 6.45) is 5.41. The number of fused-ring (bicyclic) bond motifs is 1. The van der Waals surface area contributed by atoms with Crippen LogP contribution in [0.15, 0.2) is 12.5 Å². The summed E-state index contributed by atoms with van der Waals surface area (Å²) in [5.41, 5.74) is 0.156. The van der Waals surface area contributed by atoms with Crippen LogP contribution in [0.1, 0.15) is 37.9 Å². The fourth-order valence-corrected chi connectivity index (χ4v) is 3.32. The van der Waals surface area contributed by atoms with E-state index in [2.05, 4.69) is 19.9 Å². The van der Waals surface area contributed by atoms with Gasteiger partial charge in [0.1, 0.15) is 11.8 Å². The number of Topliss-reactive ketones (excluding diaryl/α,β-unsaturated/α-hetero) is 1. The van der Waals surface area contributed by atoms with Gasteiger partial charge in [0.2, 0.25) is 11.1 Å². The van der Waals surface area contributed by atoms with Crippen molar-refractivity contribution in [3.8, 4) is 0 Å². The Labute approximate surface area is 155 Å². The maximum Gasteiger partial charge on any atom is 0.250 e. The minimum Gasteiger partial charge on any atom is -0.295 e. The highest BCUT2D eigenvalue weighted by Gasteiger charge is 2.35. The van der Waals surface area contributed by atoms with Crippen LogP contribution in [0.3, 0.4) is 0 Å². The topological polar surface area (TPSA) is 98.1 Å². The molecule has 26 heavy (non-hydrogen) atoms. The molecule has 8 nitrogen and oxygen atoms in total. The second-order valence-corrected chi connectivity index (χ2v) is 7.45. The summed E-state index contributed by atoms with van der Waals surface area (Å²) >= 11 is 5.84. The van der Waals surface area contributed by atoms with Crippen molar-refractivity contribution in [1.82, 2.24) is 24.4 Å². The van der Waals surface area contributed by atoms with Crippen LogP contribution in [0, 0.1) is 5.41 Å². The van der Waals surface area contributed by atoms with Crippen LogP contribution in [-0.2, 0) is 9.59 Å². The first-order valence-corrected chi connectivity index (χ1v) is 8.85. The standard InChI is InChI=1S/C17H20ClN5O3/c1-17(2,13(25)9-24)5-7-22-6-3-4-12(22)15(26)23-10-20-11-8-19-16(18)21-14(11)23/h8-10,12H,3-7H2,1-2H3. The van der Waals surface area contributed by atoms with E-state index < -0.39 is 11.2 Å². The van der Waals surface area contributed by atoms with E-state index in [1.54, 1.807) is 13.8 Å². The van der Waals surface area contributed by atoms with E-state index in [1.165, 1.54) is 17.1 Å². The lowest BCUT2D eigenvalue weighted by Gasteiger charge is -2.27. The van der Waals surface area contributed by atoms with Crippen LogP contribution in [0.25, 0.3) is 11.2 Å². The van der Waals surface area contributed by atoms with E-state index in [4.69, 9.17) is 11.6 Å². The van der Waals surface area contributed by atoms with Gasteiger partial charge in [0.25, 0.3) is 5.91 Å². The number of hydrogen-bond acceptors (Lipinski definition) is 7. The largest absolute Gasteiger partial charge is 0.295 e. The van der Waals surface area contributed by atoms with Gasteiger partial charge in [-0.15, -0.1) is 0 Å². The smallest absolute Gasteiger partial charge is 0.250 e. The normalized spacial score (nSPS) is 18.3. The van der Waals surface area contributed by atoms with E-state index in [0.29, 0.717) is 30.4 Å². The number of aldehydes is 1. The van der Waals surface area contributed by atoms with Gasteiger partial charge in [-0.3, -0.25) is 23.9 Å². The average molecular weight is 378 g/mol. The number of ketones is 1. The summed E-state index contributed by atoms with van der Waals surface area (Å²) in [7, 11) is 0. The van der Waals surface area contributed by atoms with Crippen molar-refractivity contribution in [2.75, 3.05) is 13.1 Å². The minimum absolute atomic E-state index is 0.0597. The van der Waals surface area contributed by atoms with Gasteiger partial charge in [0.05, 0.1) is 12.2 Å². The summed E-state index contributed by atoms with van der Waals surface area (Å²) in [6.45, 7) is 4.83. The molecule has 1 aliphatic rings. The number of aromatic nitrogens is 4. The first-order valence-electron chi connectivity index (χ1n) is 8.47. The van der Waals surface area contributed by atoms with Gasteiger partial charge in [-0.05, 0) is 44.0 Å². The van der Waals surface area contributed by atoms with Crippen LogP contribution in [-0.4, -0.2) is 61.5 Å². The predicted molar refractivity (Wildman–Crippen MR) is 95.0 cm³/mol. The molecule has 1 saturated heterocycles. The maximum absolute atomic E-state index is 13.0. The van der Waals surface area contributed by atoms with E-state index in [0.717, 1.165) is 19.4 Å². The third kappa shape index (κ3) is 3.52. The Morgan fingerprint density at radius 1 is 1.38 bits per heavy atom. The maximum atomic E-state index is 13.0. The molecular formula is C17H20ClN5O3. The Bertz CT molecular complexity index is 863. The van der Waals surface area contributed by atoms with Crippen molar-refractivity contribution >= 4 is 40.7 Å². The number of nitrogens with zero attached hydrogens (tertiary/aromatic N) is 5. The van der Waals surface area contributed by atoms with Gasteiger partial charge in [0.15, 0.2) is 11.9 Å². The van der Waals surface area contributed by atoms with Crippen LogP contribution in [0.4, 0.5) is 0 Å². The second kappa shape index (κ2) is 7.20. The molecule has 0 amide bonds. The predicted octanol–water partition coefficient (Wildman–Crippen LogP) is 1.77. The minimum atomic E-state index is -0.736. The fraction of sp³-hybridized carbons (Fsp3) is 0.529. The zero-order valence-electron chi connectivity index (χ0n) is 14.7. The third-order valence-corrected chi connectivity index (χ3v) is 5.13. The quantitative estimate of drug-likeness (QED) is 0.429. The molecule has 138 valence electrons. The zero-order valence-corrected chi connectivity index (χ0v) is 15.4. The fourth-order valence-electron chi connectivity index (χ4n) is 3.19. The summed E-state index contributed by atoms with van der Waals surface area (Å²) in [5.74, 6) is -0.550. The van der Waals surface area contributed by atoms with Crippen LogP contribution >= 0.6 is 11.6 Å². The molecular weight excluding hydrogens is 358 g/mol. The van der Waals surface area contributed by atoms with Gasteiger partial charge in [-0.25, -0.2) is 9.97 Å². The third-order valence-electron chi connectivity index (χ3n) is 4.95. The van der Waals surface area contributed by atoms with Crippen molar-refractivity contribution in [3.63, 3.8) is 0 Å². The summed E-state index contributed by atoms with van der Waals surface area (Å²) in [4.78, 5) is 49.7. The molecule has 1 unspecified atom stereocenters. The number of carbonyl (C=O) groups is 3. The van der Waals surface area contributed by atoms with Crippen LogP contribution in [0.2, 0.25) is 5.28 Å². The lowest BCUT2D eigenvalue weighted by atomic mass is 9.85. The number of rotatable bonds is 6. The second-order valence-electron chi connectivity index (χ2n) is 7.11.